The summed E-state index contributed by atoms with van der Waals surface area (Å²) < 4.78 is 0. The van der Waals surface area contributed by atoms with Gasteiger partial charge in [0.25, 0.3) is 5.91 Å². The SMILES string of the molecule is CSCCN1C(=O)c2cccc3cccc1c23. The van der Waals surface area contributed by atoms with Gasteiger partial charge < -0.3 is 4.90 Å². The molecule has 0 spiro atoms. The molecule has 3 rings (SSSR count). The molecule has 2 aromatic rings. The maximum absolute atomic E-state index is 12.3. The van der Waals surface area contributed by atoms with Crippen LogP contribution in [0.3, 0.4) is 0 Å². The van der Waals surface area contributed by atoms with Gasteiger partial charge >= 0.3 is 0 Å². The van der Waals surface area contributed by atoms with Crippen LogP contribution in [0.25, 0.3) is 10.8 Å². The third-order valence-electron chi connectivity index (χ3n) is 3.17. The first-order valence-corrected chi connectivity index (χ1v) is 7.05. The molecule has 1 heterocycles. The van der Waals surface area contributed by atoms with Gasteiger partial charge in [-0.3, -0.25) is 4.79 Å². The van der Waals surface area contributed by atoms with Crippen LogP contribution < -0.4 is 4.90 Å². The molecule has 2 nitrogen and oxygen atoms in total. The minimum Gasteiger partial charge on any atom is -0.307 e. The van der Waals surface area contributed by atoms with Crippen LogP contribution in [0, 0.1) is 0 Å². The predicted molar refractivity (Wildman–Crippen MR) is 74.0 cm³/mol. The molecule has 86 valence electrons. The van der Waals surface area contributed by atoms with Crippen molar-refractivity contribution >= 4 is 34.1 Å². The third-order valence-corrected chi connectivity index (χ3v) is 3.76. The molecule has 1 amide bonds. The third kappa shape index (κ3) is 1.53. The summed E-state index contributed by atoms with van der Waals surface area (Å²) in [7, 11) is 0. The van der Waals surface area contributed by atoms with Crippen molar-refractivity contribution in [1.29, 1.82) is 0 Å². The molecule has 0 aromatic heterocycles. The van der Waals surface area contributed by atoms with Crippen molar-refractivity contribution < 1.29 is 4.79 Å². The maximum Gasteiger partial charge on any atom is 0.259 e. The lowest BCUT2D eigenvalue weighted by atomic mass is 10.1. The van der Waals surface area contributed by atoms with Crippen LogP contribution in [0.15, 0.2) is 36.4 Å². The van der Waals surface area contributed by atoms with E-state index in [0.717, 1.165) is 34.3 Å². The van der Waals surface area contributed by atoms with Crippen LogP contribution in [0.4, 0.5) is 5.69 Å². The monoisotopic (exact) mass is 243 g/mol. The number of benzene rings is 2. The summed E-state index contributed by atoms with van der Waals surface area (Å²) in [5.41, 5.74) is 1.91. The standard InChI is InChI=1S/C14H13NOS/c1-17-9-8-15-12-7-3-5-10-4-2-6-11(13(10)12)14(15)16/h2-7H,8-9H2,1H3. The van der Waals surface area contributed by atoms with E-state index in [-0.39, 0.29) is 5.91 Å². The summed E-state index contributed by atoms with van der Waals surface area (Å²) in [4.78, 5) is 14.2. The lowest BCUT2D eigenvalue weighted by molar-refractivity contribution is 0.0995. The summed E-state index contributed by atoms with van der Waals surface area (Å²) in [5.74, 6) is 1.11. The molecule has 0 saturated carbocycles. The molecule has 0 atom stereocenters. The summed E-state index contributed by atoms with van der Waals surface area (Å²) in [6.07, 6.45) is 2.06. The quantitative estimate of drug-likeness (QED) is 0.825. The Hall–Kier alpha value is -1.48. The van der Waals surface area contributed by atoms with Crippen molar-refractivity contribution in [2.45, 2.75) is 0 Å². The van der Waals surface area contributed by atoms with Crippen molar-refractivity contribution in [2.24, 2.45) is 0 Å². The molecule has 2 aromatic carbocycles. The molecule has 0 unspecified atom stereocenters. The Morgan fingerprint density at radius 1 is 1.18 bits per heavy atom. The molecule has 0 radical (unpaired) electrons. The van der Waals surface area contributed by atoms with Crippen molar-refractivity contribution in [1.82, 2.24) is 0 Å². The second-order valence-electron chi connectivity index (χ2n) is 4.13. The minimum atomic E-state index is 0.144. The molecule has 0 saturated heterocycles. The summed E-state index contributed by atoms with van der Waals surface area (Å²) >= 11 is 1.76. The number of hydrogen-bond donors (Lipinski definition) is 0. The molecule has 3 heteroatoms. The zero-order chi connectivity index (χ0) is 11.8. The van der Waals surface area contributed by atoms with Crippen LogP contribution in [-0.2, 0) is 0 Å². The minimum absolute atomic E-state index is 0.144. The van der Waals surface area contributed by atoms with Gasteiger partial charge in [0, 0.05) is 23.2 Å². The first kappa shape index (κ1) is 10.7. The Labute approximate surface area is 105 Å². The first-order chi connectivity index (χ1) is 8.33. The lowest BCUT2D eigenvalue weighted by Gasteiger charge is -2.16. The van der Waals surface area contributed by atoms with Crippen LogP contribution in [0.5, 0.6) is 0 Å². The van der Waals surface area contributed by atoms with E-state index in [1.165, 1.54) is 0 Å². The van der Waals surface area contributed by atoms with E-state index in [2.05, 4.69) is 18.4 Å². The Balaban J connectivity index is 2.17. The number of carbonyl (C=O) groups excluding carboxylic acids is 1. The second-order valence-corrected chi connectivity index (χ2v) is 5.12. The molecule has 1 aliphatic rings. The Kier molecular flexibility index (Phi) is 2.56. The van der Waals surface area contributed by atoms with E-state index >= 15 is 0 Å². The van der Waals surface area contributed by atoms with E-state index in [9.17, 15) is 4.79 Å². The van der Waals surface area contributed by atoms with E-state index in [1.54, 1.807) is 11.8 Å². The van der Waals surface area contributed by atoms with E-state index in [1.807, 2.05) is 29.2 Å². The highest BCUT2D eigenvalue weighted by Gasteiger charge is 2.28. The van der Waals surface area contributed by atoms with Crippen LogP contribution in [0.1, 0.15) is 10.4 Å². The Morgan fingerprint density at radius 3 is 2.71 bits per heavy atom. The van der Waals surface area contributed by atoms with Gasteiger partial charge in [-0.25, -0.2) is 0 Å². The van der Waals surface area contributed by atoms with E-state index in [0.29, 0.717) is 0 Å². The molecule has 0 N–H and O–H groups in total. The predicted octanol–water partition coefficient (Wildman–Crippen LogP) is 3.16. The fraction of sp³-hybridized carbons (Fsp3) is 0.214. The van der Waals surface area contributed by atoms with Crippen molar-refractivity contribution in [3.05, 3.63) is 42.0 Å². The topological polar surface area (TPSA) is 20.3 Å². The molecule has 0 bridgehead atoms. The maximum atomic E-state index is 12.3. The fourth-order valence-corrected chi connectivity index (χ4v) is 2.75. The molecular weight excluding hydrogens is 230 g/mol. The van der Waals surface area contributed by atoms with Gasteiger partial charge in [0.05, 0.1) is 5.69 Å². The normalized spacial score (nSPS) is 13.7. The zero-order valence-electron chi connectivity index (χ0n) is 9.64. The fourth-order valence-electron chi connectivity index (χ4n) is 2.38. The number of hydrogen-bond acceptors (Lipinski definition) is 2. The zero-order valence-corrected chi connectivity index (χ0v) is 10.5. The van der Waals surface area contributed by atoms with E-state index < -0.39 is 0 Å². The summed E-state index contributed by atoms with van der Waals surface area (Å²) in [6, 6.07) is 12.1. The van der Waals surface area contributed by atoms with Crippen molar-refractivity contribution in [3.8, 4) is 0 Å². The van der Waals surface area contributed by atoms with Gasteiger partial charge in [0.15, 0.2) is 0 Å². The highest BCUT2D eigenvalue weighted by Crippen LogP contribution is 2.36. The number of nitrogens with zero attached hydrogens (tertiary/aromatic N) is 1. The number of anilines is 1. The van der Waals surface area contributed by atoms with Crippen LogP contribution in [-0.4, -0.2) is 24.5 Å². The highest BCUT2D eigenvalue weighted by molar-refractivity contribution is 7.98. The summed E-state index contributed by atoms with van der Waals surface area (Å²) in [5, 5.41) is 2.26. The number of rotatable bonds is 3. The van der Waals surface area contributed by atoms with Crippen LogP contribution >= 0.6 is 11.8 Å². The van der Waals surface area contributed by atoms with Gasteiger partial charge in [-0.2, -0.15) is 11.8 Å². The van der Waals surface area contributed by atoms with Gasteiger partial charge in [-0.05, 0) is 23.8 Å². The first-order valence-electron chi connectivity index (χ1n) is 5.65. The largest absolute Gasteiger partial charge is 0.307 e. The second kappa shape index (κ2) is 4.08. The summed E-state index contributed by atoms with van der Waals surface area (Å²) in [6.45, 7) is 0.786. The molecule has 1 aliphatic heterocycles. The number of carbonyl (C=O) groups is 1. The molecule has 17 heavy (non-hydrogen) atoms. The average Bonchev–Trinajstić information content (AvgIpc) is 2.64. The van der Waals surface area contributed by atoms with Gasteiger partial charge in [-0.1, -0.05) is 24.3 Å². The molecule has 0 fully saturated rings. The van der Waals surface area contributed by atoms with E-state index in [4.69, 9.17) is 0 Å². The Bertz CT molecular complexity index is 589. The average molecular weight is 243 g/mol. The highest BCUT2D eigenvalue weighted by atomic mass is 32.2. The lowest BCUT2D eigenvalue weighted by Crippen LogP contribution is -2.28. The Morgan fingerprint density at radius 2 is 1.94 bits per heavy atom. The van der Waals surface area contributed by atoms with Gasteiger partial charge in [-0.15, -0.1) is 0 Å². The van der Waals surface area contributed by atoms with Gasteiger partial charge in [0.2, 0.25) is 0 Å². The van der Waals surface area contributed by atoms with Gasteiger partial charge in [0.1, 0.15) is 0 Å². The van der Waals surface area contributed by atoms with Crippen molar-refractivity contribution in [3.63, 3.8) is 0 Å². The van der Waals surface area contributed by atoms with Crippen LogP contribution in [0.2, 0.25) is 0 Å². The molecular formula is C14H13NOS. The smallest absolute Gasteiger partial charge is 0.259 e. The molecule has 0 aliphatic carbocycles. The number of amides is 1. The number of thioether (sulfide) groups is 1. The van der Waals surface area contributed by atoms with Crippen molar-refractivity contribution in [2.75, 3.05) is 23.5 Å².